The fourth-order valence-electron chi connectivity index (χ4n) is 4.41. The largest absolute Gasteiger partial charge is 0.496 e. The van der Waals surface area contributed by atoms with Crippen LogP contribution in [0.25, 0.3) is 21.0 Å². The molecule has 1 aliphatic carbocycles. The van der Waals surface area contributed by atoms with E-state index in [0.29, 0.717) is 17.2 Å². The molecule has 0 aliphatic heterocycles. The van der Waals surface area contributed by atoms with E-state index in [1.54, 1.807) is 6.20 Å². The molecule has 0 atom stereocenters. The number of aromatic carboxylic acids is 1. The summed E-state index contributed by atoms with van der Waals surface area (Å²) in [6.07, 6.45) is 8.12. The maximum Gasteiger partial charge on any atom is 0.338 e. The summed E-state index contributed by atoms with van der Waals surface area (Å²) in [5.41, 5.74) is 2.50. The van der Waals surface area contributed by atoms with Gasteiger partial charge in [0, 0.05) is 17.3 Å². The highest BCUT2D eigenvalue weighted by Crippen LogP contribution is 2.40. The third-order valence-corrected chi connectivity index (χ3v) is 7.42. The quantitative estimate of drug-likeness (QED) is 0.449. The molecule has 1 aliphatic rings. The smallest absolute Gasteiger partial charge is 0.338 e. The second-order valence-electron chi connectivity index (χ2n) is 8.12. The Kier molecular flexibility index (Phi) is 6.37. The highest BCUT2D eigenvalue weighted by Gasteiger charge is 2.22. The Morgan fingerprint density at radius 3 is 2.52 bits per heavy atom. The number of thiazole rings is 1. The van der Waals surface area contributed by atoms with Gasteiger partial charge in [-0.2, -0.15) is 0 Å². The molecule has 1 saturated carbocycles. The number of rotatable bonds is 6. The van der Waals surface area contributed by atoms with E-state index in [4.69, 9.17) is 9.84 Å². The van der Waals surface area contributed by atoms with Crippen LogP contribution in [0.2, 0.25) is 0 Å². The van der Waals surface area contributed by atoms with Crippen molar-refractivity contribution in [3.8, 4) is 26.8 Å². The molecular formula is C25H26FNO3S. The van der Waals surface area contributed by atoms with E-state index in [9.17, 15) is 9.18 Å². The minimum Gasteiger partial charge on any atom is -0.496 e. The van der Waals surface area contributed by atoms with Crippen molar-refractivity contribution in [1.29, 1.82) is 0 Å². The molecule has 3 aromatic rings. The molecular weight excluding hydrogens is 413 g/mol. The molecule has 1 aromatic heterocycles. The molecule has 0 bridgehead atoms. The van der Waals surface area contributed by atoms with Gasteiger partial charge in [0.25, 0.3) is 0 Å². The predicted molar refractivity (Wildman–Crippen MR) is 121 cm³/mol. The lowest BCUT2D eigenvalue weighted by Gasteiger charge is -2.28. The van der Waals surface area contributed by atoms with Crippen LogP contribution in [0.4, 0.5) is 4.39 Å². The first kappa shape index (κ1) is 21.5. The Morgan fingerprint density at radius 2 is 1.90 bits per heavy atom. The van der Waals surface area contributed by atoms with Crippen molar-refractivity contribution in [3.05, 3.63) is 59.5 Å². The van der Waals surface area contributed by atoms with Gasteiger partial charge in [-0.1, -0.05) is 37.6 Å². The third-order valence-electron chi connectivity index (χ3n) is 6.34. The van der Waals surface area contributed by atoms with Crippen molar-refractivity contribution >= 4 is 17.3 Å². The summed E-state index contributed by atoms with van der Waals surface area (Å²) in [6, 6.07) is 11.0. The lowest BCUT2D eigenvalue weighted by molar-refractivity contribution is 0.0691. The van der Waals surface area contributed by atoms with Crippen LogP contribution in [0.15, 0.2) is 42.6 Å². The number of halogens is 1. The Hall–Kier alpha value is -2.73. The van der Waals surface area contributed by atoms with E-state index in [1.807, 2.05) is 0 Å². The van der Waals surface area contributed by atoms with Crippen molar-refractivity contribution in [2.45, 2.75) is 44.9 Å². The Balaban J connectivity index is 1.56. The zero-order valence-electron chi connectivity index (χ0n) is 17.7. The predicted octanol–water partition coefficient (Wildman–Crippen LogP) is 7.01. The number of carboxylic acids is 1. The SMILES string of the molecule is CCC1CCC(c2ccc(-c3ncc(-c4cc(F)c(C(=O)O)cc4OC)s3)cc2)CC1. The van der Waals surface area contributed by atoms with Crippen molar-refractivity contribution < 1.29 is 19.0 Å². The van der Waals surface area contributed by atoms with E-state index in [2.05, 4.69) is 36.2 Å². The molecule has 4 nitrogen and oxygen atoms in total. The molecule has 0 amide bonds. The first-order chi connectivity index (χ1) is 15.0. The molecule has 1 N–H and O–H groups in total. The number of nitrogens with zero attached hydrogens (tertiary/aromatic N) is 1. The number of hydrogen-bond donors (Lipinski definition) is 1. The van der Waals surface area contributed by atoms with Crippen LogP contribution in [0.1, 0.15) is 60.9 Å². The highest BCUT2D eigenvalue weighted by molar-refractivity contribution is 7.18. The monoisotopic (exact) mass is 439 g/mol. The maximum atomic E-state index is 14.2. The van der Waals surface area contributed by atoms with Gasteiger partial charge in [0.15, 0.2) is 0 Å². The van der Waals surface area contributed by atoms with E-state index < -0.39 is 17.3 Å². The summed E-state index contributed by atoms with van der Waals surface area (Å²) < 4.78 is 19.6. The van der Waals surface area contributed by atoms with Crippen molar-refractivity contribution in [1.82, 2.24) is 4.98 Å². The molecule has 31 heavy (non-hydrogen) atoms. The van der Waals surface area contributed by atoms with E-state index in [1.165, 1.54) is 68.2 Å². The van der Waals surface area contributed by atoms with E-state index in [-0.39, 0.29) is 0 Å². The summed E-state index contributed by atoms with van der Waals surface area (Å²) in [4.78, 5) is 16.4. The number of aromatic nitrogens is 1. The summed E-state index contributed by atoms with van der Waals surface area (Å²) in [5.74, 6) is -0.276. The standard InChI is InChI=1S/C25H26FNO3S/c1-3-15-4-6-16(7-5-15)17-8-10-18(11-9-17)24-27-14-23(31-24)20-12-21(26)19(25(28)29)13-22(20)30-2/h8-16H,3-7H2,1-2H3,(H,28,29). The van der Waals surface area contributed by atoms with Crippen LogP contribution < -0.4 is 4.74 Å². The fourth-order valence-corrected chi connectivity index (χ4v) is 5.36. The van der Waals surface area contributed by atoms with Gasteiger partial charge in [0.1, 0.15) is 16.6 Å². The first-order valence-electron chi connectivity index (χ1n) is 10.7. The summed E-state index contributed by atoms with van der Waals surface area (Å²) in [7, 11) is 1.44. The van der Waals surface area contributed by atoms with Crippen LogP contribution in [-0.4, -0.2) is 23.2 Å². The van der Waals surface area contributed by atoms with Crippen molar-refractivity contribution in [2.75, 3.05) is 7.11 Å². The molecule has 6 heteroatoms. The first-order valence-corrected chi connectivity index (χ1v) is 11.5. The maximum absolute atomic E-state index is 14.2. The molecule has 1 fully saturated rings. The molecule has 1 heterocycles. The molecule has 0 radical (unpaired) electrons. The van der Waals surface area contributed by atoms with Gasteiger partial charge in [-0.25, -0.2) is 14.2 Å². The van der Waals surface area contributed by atoms with Crippen LogP contribution in [0.5, 0.6) is 5.75 Å². The zero-order valence-corrected chi connectivity index (χ0v) is 18.5. The van der Waals surface area contributed by atoms with Gasteiger partial charge in [0.05, 0.1) is 17.6 Å². The van der Waals surface area contributed by atoms with Crippen LogP contribution in [0.3, 0.4) is 0 Å². The lowest BCUT2D eigenvalue weighted by atomic mass is 9.78. The number of carbonyl (C=O) groups is 1. The molecule has 4 rings (SSSR count). The Labute approximate surface area is 185 Å². The van der Waals surface area contributed by atoms with Gasteiger partial charge in [-0.3, -0.25) is 0 Å². The van der Waals surface area contributed by atoms with Gasteiger partial charge >= 0.3 is 5.97 Å². The van der Waals surface area contributed by atoms with Gasteiger partial charge in [-0.15, -0.1) is 11.3 Å². The number of methoxy groups -OCH3 is 1. The van der Waals surface area contributed by atoms with Crippen molar-refractivity contribution in [3.63, 3.8) is 0 Å². The normalized spacial score (nSPS) is 18.7. The summed E-state index contributed by atoms with van der Waals surface area (Å²) in [6.45, 7) is 2.28. The second kappa shape index (κ2) is 9.18. The minimum atomic E-state index is -1.32. The average molecular weight is 440 g/mol. The topological polar surface area (TPSA) is 59.4 Å². The number of ether oxygens (including phenoxy) is 1. The Morgan fingerprint density at radius 1 is 1.19 bits per heavy atom. The third kappa shape index (κ3) is 4.49. The highest BCUT2D eigenvalue weighted by atomic mass is 32.1. The van der Waals surface area contributed by atoms with Crippen LogP contribution in [0, 0.1) is 11.7 Å². The molecule has 2 aromatic carbocycles. The average Bonchev–Trinajstić information content (AvgIpc) is 3.29. The fraction of sp³-hybridized carbons (Fsp3) is 0.360. The number of hydrogen-bond acceptors (Lipinski definition) is 4. The molecule has 0 spiro atoms. The number of benzene rings is 2. The molecule has 0 unspecified atom stereocenters. The zero-order chi connectivity index (χ0) is 22.0. The van der Waals surface area contributed by atoms with Crippen molar-refractivity contribution in [2.24, 2.45) is 5.92 Å². The van der Waals surface area contributed by atoms with E-state index >= 15 is 0 Å². The molecule has 162 valence electrons. The number of carboxylic acid groups (broad SMARTS) is 1. The van der Waals surface area contributed by atoms with Gasteiger partial charge in [-0.05, 0) is 55.2 Å². The van der Waals surface area contributed by atoms with E-state index in [0.717, 1.165) is 21.4 Å². The minimum absolute atomic E-state index is 0.312. The Bertz CT molecular complexity index is 1070. The summed E-state index contributed by atoms with van der Waals surface area (Å²) in [5, 5.41) is 9.97. The summed E-state index contributed by atoms with van der Waals surface area (Å²) >= 11 is 1.43. The van der Waals surface area contributed by atoms with Crippen LogP contribution in [-0.2, 0) is 0 Å². The lowest BCUT2D eigenvalue weighted by Crippen LogP contribution is -2.12. The van der Waals surface area contributed by atoms with Gasteiger partial charge in [0.2, 0.25) is 0 Å². The van der Waals surface area contributed by atoms with Gasteiger partial charge < -0.3 is 9.84 Å². The second-order valence-corrected chi connectivity index (χ2v) is 9.15. The molecule has 0 saturated heterocycles. The van der Waals surface area contributed by atoms with Crippen LogP contribution >= 0.6 is 11.3 Å².